The van der Waals surface area contributed by atoms with Crippen molar-refractivity contribution in [1.29, 1.82) is 0 Å². The summed E-state index contributed by atoms with van der Waals surface area (Å²) < 4.78 is 1.63. The number of aliphatic hydroxyl groups is 1. The monoisotopic (exact) mass is 307 g/mol. The van der Waals surface area contributed by atoms with E-state index < -0.39 is 30.0 Å². The number of amides is 4. The summed E-state index contributed by atoms with van der Waals surface area (Å²) in [5, 5.41) is 21.3. The Hall–Kier alpha value is -2.42. The van der Waals surface area contributed by atoms with Crippen molar-refractivity contribution in [2.75, 3.05) is 0 Å². The van der Waals surface area contributed by atoms with E-state index in [1.54, 1.807) is 17.1 Å². The van der Waals surface area contributed by atoms with Crippen LogP contribution in [0.5, 0.6) is 0 Å². The molecular formula is C13H17N5O4. The van der Waals surface area contributed by atoms with E-state index in [1.807, 2.05) is 6.92 Å². The molecule has 2 aliphatic rings. The van der Waals surface area contributed by atoms with Crippen molar-refractivity contribution in [3.63, 3.8) is 0 Å². The molecule has 1 saturated carbocycles. The number of imide groups is 1. The Balaban J connectivity index is 1.64. The number of carbonyl (C=O) groups is 3. The van der Waals surface area contributed by atoms with E-state index in [4.69, 9.17) is 0 Å². The fraction of sp³-hybridized carbons (Fsp3) is 0.538. The molecule has 1 saturated heterocycles. The van der Waals surface area contributed by atoms with Crippen molar-refractivity contribution >= 4 is 17.8 Å². The molecule has 3 rings (SSSR count). The molecule has 1 aromatic heterocycles. The first-order chi connectivity index (χ1) is 10.4. The summed E-state index contributed by atoms with van der Waals surface area (Å²) in [6.07, 6.45) is 3.19. The van der Waals surface area contributed by atoms with Crippen LogP contribution in [-0.4, -0.2) is 50.9 Å². The van der Waals surface area contributed by atoms with Crippen LogP contribution in [0.25, 0.3) is 0 Å². The highest BCUT2D eigenvalue weighted by Crippen LogP contribution is 2.32. The van der Waals surface area contributed by atoms with Gasteiger partial charge in [0.2, 0.25) is 11.8 Å². The number of rotatable bonds is 3. The van der Waals surface area contributed by atoms with E-state index in [2.05, 4.69) is 21.0 Å². The molecule has 0 aromatic carbocycles. The van der Waals surface area contributed by atoms with E-state index in [0.29, 0.717) is 6.42 Å². The molecule has 2 fully saturated rings. The number of hydrogen-bond acceptors (Lipinski definition) is 5. The highest BCUT2D eigenvalue weighted by atomic mass is 16.3. The lowest BCUT2D eigenvalue weighted by Crippen LogP contribution is -2.62. The SMILES string of the molecule is Cc1cnn([C@@H]2[C@@H](O)C[C@H]2NC(=O)[C@@H]2CC(=O)NC(=O)N2)c1. The Bertz CT molecular complexity index is 612. The zero-order chi connectivity index (χ0) is 15.9. The smallest absolute Gasteiger partial charge is 0.322 e. The lowest BCUT2D eigenvalue weighted by atomic mass is 9.82. The minimum atomic E-state index is -0.890. The molecule has 1 aliphatic heterocycles. The van der Waals surface area contributed by atoms with Gasteiger partial charge in [-0.15, -0.1) is 0 Å². The Labute approximate surface area is 126 Å². The molecule has 1 aromatic rings. The van der Waals surface area contributed by atoms with Crippen LogP contribution in [0.3, 0.4) is 0 Å². The predicted octanol–water partition coefficient (Wildman–Crippen LogP) is -1.42. The van der Waals surface area contributed by atoms with Crippen molar-refractivity contribution < 1.29 is 19.5 Å². The normalized spacial score (nSPS) is 31.0. The zero-order valence-corrected chi connectivity index (χ0v) is 11.9. The maximum absolute atomic E-state index is 12.2. The number of aryl methyl sites for hydroxylation is 1. The van der Waals surface area contributed by atoms with Crippen LogP contribution in [0.15, 0.2) is 12.4 Å². The minimum absolute atomic E-state index is 0.0988. The topological polar surface area (TPSA) is 125 Å². The second-order valence-electron chi connectivity index (χ2n) is 5.68. The third-order valence-electron chi connectivity index (χ3n) is 3.93. The Morgan fingerprint density at radius 3 is 2.86 bits per heavy atom. The molecule has 2 heterocycles. The highest BCUT2D eigenvalue weighted by molar-refractivity contribution is 6.02. The van der Waals surface area contributed by atoms with Crippen molar-refractivity contribution in [2.24, 2.45) is 0 Å². The summed E-state index contributed by atoms with van der Waals surface area (Å²) >= 11 is 0. The molecule has 1 aliphatic carbocycles. The molecule has 22 heavy (non-hydrogen) atoms. The average Bonchev–Trinajstić information content (AvgIpc) is 2.82. The average molecular weight is 307 g/mol. The van der Waals surface area contributed by atoms with Crippen LogP contribution in [-0.2, 0) is 9.59 Å². The molecular weight excluding hydrogens is 290 g/mol. The first-order valence-electron chi connectivity index (χ1n) is 7.03. The summed E-state index contributed by atoms with van der Waals surface area (Å²) in [6, 6.07) is -2.20. The Morgan fingerprint density at radius 2 is 2.27 bits per heavy atom. The molecule has 4 atom stereocenters. The van der Waals surface area contributed by atoms with Crippen LogP contribution < -0.4 is 16.0 Å². The quantitative estimate of drug-likeness (QED) is 0.545. The van der Waals surface area contributed by atoms with Gasteiger partial charge in [-0.05, 0) is 18.9 Å². The second kappa shape index (κ2) is 5.41. The third kappa shape index (κ3) is 2.67. The molecule has 0 spiro atoms. The van der Waals surface area contributed by atoms with Gasteiger partial charge in [-0.3, -0.25) is 19.6 Å². The van der Waals surface area contributed by atoms with Gasteiger partial charge in [-0.25, -0.2) is 4.79 Å². The van der Waals surface area contributed by atoms with Gasteiger partial charge in [0.25, 0.3) is 0 Å². The van der Waals surface area contributed by atoms with Crippen molar-refractivity contribution in [2.45, 2.75) is 44.0 Å². The summed E-state index contributed by atoms with van der Waals surface area (Å²) in [4.78, 5) is 34.7. The number of aromatic nitrogens is 2. The summed E-state index contributed by atoms with van der Waals surface area (Å²) in [7, 11) is 0. The van der Waals surface area contributed by atoms with Gasteiger partial charge < -0.3 is 15.7 Å². The van der Waals surface area contributed by atoms with Crippen LogP contribution >= 0.6 is 0 Å². The largest absolute Gasteiger partial charge is 0.391 e. The van der Waals surface area contributed by atoms with Crippen LogP contribution in [0.1, 0.15) is 24.4 Å². The van der Waals surface area contributed by atoms with Gasteiger partial charge in [-0.2, -0.15) is 5.10 Å². The third-order valence-corrected chi connectivity index (χ3v) is 3.93. The van der Waals surface area contributed by atoms with E-state index in [0.717, 1.165) is 5.56 Å². The summed E-state index contributed by atoms with van der Waals surface area (Å²) in [6.45, 7) is 1.89. The van der Waals surface area contributed by atoms with Crippen molar-refractivity contribution in [3.8, 4) is 0 Å². The maximum atomic E-state index is 12.2. The van der Waals surface area contributed by atoms with E-state index >= 15 is 0 Å². The van der Waals surface area contributed by atoms with E-state index in [1.165, 1.54) is 0 Å². The Morgan fingerprint density at radius 1 is 1.50 bits per heavy atom. The highest BCUT2D eigenvalue weighted by Gasteiger charge is 2.44. The van der Waals surface area contributed by atoms with Gasteiger partial charge in [0.15, 0.2) is 0 Å². The summed E-state index contributed by atoms with van der Waals surface area (Å²) in [5.41, 5.74) is 0.959. The second-order valence-corrected chi connectivity index (χ2v) is 5.68. The fourth-order valence-corrected chi connectivity index (χ4v) is 2.76. The molecule has 9 heteroatoms. The number of hydrogen-bond donors (Lipinski definition) is 4. The maximum Gasteiger partial charge on any atom is 0.322 e. The van der Waals surface area contributed by atoms with Crippen LogP contribution in [0, 0.1) is 6.92 Å². The van der Waals surface area contributed by atoms with Gasteiger partial charge >= 0.3 is 6.03 Å². The van der Waals surface area contributed by atoms with Gasteiger partial charge in [0, 0.05) is 6.20 Å². The predicted molar refractivity (Wildman–Crippen MR) is 73.6 cm³/mol. The first-order valence-corrected chi connectivity index (χ1v) is 7.03. The molecule has 118 valence electrons. The van der Waals surface area contributed by atoms with Crippen LogP contribution in [0.2, 0.25) is 0 Å². The van der Waals surface area contributed by atoms with Crippen molar-refractivity contribution in [3.05, 3.63) is 18.0 Å². The van der Waals surface area contributed by atoms with Gasteiger partial charge in [0.1, 0.15) is 6.04 Å². The van der Waals surface area contributed by atoms with Crippen LogP contribution in [0.4, 0.5) is 4.79 Å². The fourth-order valence-electron chi connectivity index (χ4n) is 2.76. The minimum Gasteiger partial charge on any atom is -0.391 e. The number of nitrogens with zero attached hydrogens (tertiary/aromatic N) is 2. The molecule has 0 unspecified atom stereocenters. The zero-order valence-electron chi connectivity index (χ0n) is 11.9. The molecule has 4 amide bonds. The van der Waals surface area contributed by atoms with E-state index in [9.17, 15) is 19.5 Å². The lowest BCUT2D eigenvalue weighted by molar-refractivity contribution is -0.131. The molecule has 0 bridgehead atoms. The summed E-state index contributed by atoms with van der Waals surface area (Å²) in [5.74, 6) is -0.925. The number of carbonyl (C=O) groups excluding carboxylic acids is 3. The number of nitrogens with one attached hydrogen (secondary N) is 3. The van der Waals surface area contributed by atoms with Crippen molar-refractivity contribution in [1.82, 2.24) is 25.7 Å². The molecule has 0 radical (unpaired) electrons. The van der Waals surface area contributed by atoms with E-state index in [-0.39, 0.29) is 18.5 Å². The Kier molecular flexibility index (Phi) is 3.57. The number of aliphatic hydroxyl groups excluding tert-OH is 1. The first kappa shape index (κ1) is 14.5. The molecule has 4 N–H and O–H groups in total. The number of urea groups is 1. The standard InChI is InChI=1S/C13H17N5O4/c1-6-4-14-18(5-6)11-7(2-9(11)19)15-12(21)8-3-10(20)17-13(22)16-8/h4-5,7-9,11,19H,2-3H2,1H3,(H,15,21)(H2,16,17,20,22)/t7-,8+,9+,11+/m1/s1. The van der Waals surface area contributed by atoms with Gasteiger partial charge in [-0.1, -0.05) is 0 Å². The molecule has 9 nitrogen and oxygen atoms in total. The lowest BCUT2D eigenvalue weighted by Gasteiger charge is -2.42. The van der Waals surface area contributed by atoms with Gasteiger partial charge in [0.05, 0.1) is 30.8 Å².